The van der Waals surface area contributed by atoms with E-state index >= 15 is 0 Å². The van der Waals surface area contributed by atoms with Gasteiger partial charge in [0.05, 0.1) is 12.1 Å². The second-order valence-electron chi connectivity index (χ2n) is 5.90. The lowest BCUT2D eigenvalue weighted by molar-refractivity contribution is 0.0398. The van der Waals surface area contributed by atoms with Gasteiger partial charge in [0, 0.05) is 5.69 Å². The topological polar surface area (TPSA) is 71.5 Å². The molecule has 1 aliphatic rings. The van der Waals surface area contributed by atoms with E-state index in [2.05, 4.69) is 10.3 Å². The zero-order valence-corrected chi connectivity index (χ0v) is 12.6. The Balaban J connectivity index is 2.17. The SMILES string of the molecule is CC(C)(C)OC(=O)N[C@H]1c2ccc(Cl)nc2CC[C@H]1O. The molecule has 0 spiro atoms. The molecular formula is C14H19ClN2O3. The van der Waals surface area contributed by atoms with E-state index in [1.54, 1.807) is 32.9 Å². The number of pyridine rings is 1. The molecule has 2 atom stereocenters. The minimum atomic E-state index is -0.655. The Kier molecular flexibility index (Phi) is 4.20. The molecule has 0 aromatic carbocycles. The van der Waals surface area contributed by atoms with Crippen LogP contribution in [-0.4, -0.2) is 27.9 Å². The second-order valence-corrected chi connectivity index (χ2v) is 6.29. The van der Waals surface area contributed by atoms with Gasteiger partial charge in [0.15, 0.2) is 0 Å². The van der Waals surface area contributed by atoms with Crippen LogP contribution in [0.3, 0.4) is 0 Å². The normalized spacial score (nSPS) is 22.1. The molecule has 20 heavy (non-hydrogen) atoms. The molecule has 110 valence electrons. The Morgan fingerprint density at radius 1 is 1.50 bits per heavy atom. The number of fused-ring (bicyclic) bond motifs is 1. The average molecular weight is 299 g/mol. The standard InChI is InChI=1S/C14H19ClN2O3/c1-14(2,3)20-13(19)17-12-8-4-7-11(15)16-9(8)5-6-10(12)18/h4,7,10,12,18H,5-6H2,1-3H3,(H,17,19)/t10-,12+/m1/s1. The largest absolute Gasteiger partial charge is 0.444 e. The molecule has 1 aromatic heterocycles. The van der Waals surface area contributed by atoms with Crippen LogP contribution in [0, 0.1) is 0 Å². The summed E-state index contributed by atoms with van der Waals surface area (Å²) in [5.74, 6) is 0. The third-order valence-electron chi connectivity index (χ3n) is 3.04. The van der Waals surface area contributed by atoms with Gasteiger partial charge in [0.1, 0.15) is 10.8 Å². The van der Waals surface area contributed by atoms with Crippen LogP contribution in [0.4, 0.5) is 4.79 Å². The Hall–Kier alpha value is -1.33. The number of hydrogen-bond acceptors (Lipinski definition) is 4. The van der Waals surface area contributed by atoms with Crippen LogP contribution >= 0.6 is 11.6 Å². The van der Waals surface area contributed by atoms with Crippen molar-refractivity contribution in [2.24, 2.45) is 0 Å². The molecule has 2 N–H and O–H groups in total. The molecule has 1 amide bonds. The number of aliphatic hydroxyl groups is 1. The van der Waals surface area contributed by atoms with Gasteiger partial charge in [-0.25, -0.2) is 9.78 Å². The molecule has 0 aliphatic heterocycles. The first-order chi connectivity index (χ1) is 9.26. The molecule has 0 bridgehead atoms. The van der Waals surface area contributed by atoms with E-state index in [1.165, 1.54) is 0 Å². The summed E-state index contributed by atoms with van der Waals surface area (Å²) in [5, 5.41) is 13.2. The fourth-order valence-corrected chi connectivity index (χ4v) is 2.40. The van der Waals surface area contributed by atoms with Crippen molar-refractivity contribution in [3.63, 3.8) is 0 Å². The minimum absolute atomic E-state index is 0.413. The second kappa shape index (κ2) is 5.58. The number of aromatic nitrogens is 1. The van der Waals surface area contributed by atoms with Crippen LogP contribution in [-0.2, 0) is 11.2 Å². The van der Waals surface area contributed by atoms with E-state index in [9.17, 15) is 9.90 Å². The number of ether oxygens (including phenoxy) is 1. The van der Waals surface area contributed by atoms with E-state index in [0.717, 1.165) is 11.3 Å². The summed E-state index contributed by atoms with van der Waals surface area (Å²) in [7, 11) is 0. The van der Waals surface area contributed by atoms with Crippen LogP contribution in [0.1, 0.15) is 44.5 Å². The zero-order chi connectivity index (χ0) is 14.9. The van der Waals surface area contributed by atoms with Gasteiger partial charge < -0.3 is 15.2 Å². The molecule has 1 heterocycles. The highest BCUT2D eigenvalue weighted by atomic mass is 35.5. The summed E-state index contributed by atoms with van der Waals surface area (Å²) >= 11 is 5.87. The summed E-state index contributed by atoms with van der Waals surface area (Å²) in [6.45, 7) is 5.37. The molecule has 0 saturated heterocycles. The Bertz CT molecular complexity index is 514. The number of alkyl carbamates (subject to hydrolysis) is 1. The highest BCUT2D eigenvalue weighted by molar-refractivity contribution is 6.29. The summed E-state index contributed by atoms with van der Waals surface area (Å²) in [6.07, 6.45) is -0.0352. The number of rotatable bonds is 1. The Labute approximate surface area is 123 Å². The first-order valence-electron chi connectivity index (χ1n) is 6.59. The van der Waals surface area contributed by atoms with E-state index in [0.29, 0.717) is 18.0 Å². The first kappa shape index (κ1) is 15.1. The van der Waals surface area contributed by atoms with Crippen molar-refractivity contribution in [2.75, 3.05) is 0 Å². The van der Waals surface area contributed by atoms with Crippen molar-refractivity contribution < 1.29 is 14.6 Å². The quantitative estimate of drug-likeness (QED) is 0.782. The molecule has 0 saturated carbocycles. The number of aryl methyl sites for hydroxylation is 1. The van der Waals surface area contributed by atoms with E-state index in [-0.39, 0.29) is 0 Å². The van der Waals surface area contributed by atoms with E-state index < -0.39 is 23.8 Å². The summed E-state index contributed by atoms with van der Waals surface area (Å²) in [6, 6.07) is 2.93. The summed E-state index contributed by atoms with van der Waals surface area (Å²) in [4.78, 5) is 16.1. The first-order valence-corrected chi connectivity index (χ1v) is 6.97. The van der Waals surface area contributed by atoms with Crippen LogP contribution in [0.5, 0.6) is 0 Å². The molecule has 0 unspecified atom stereocenters. The smallest absolute Gasteiger partial charge is 0.408 e. The van der Waals surface area contributed by atoms with Crippen molar-refractivity contribution in [3.8, 4) is 0 Å². The monoisotopic (exact) mass is 298 g/mol. The fraction of sp³-hybridized carbons (Fsp3) is 0.571. The third-order valence-corrected chi connectivity index (χ3v) is 3.25. The van der Waals surface area contributed by atoms with Gasteiger partial charge in [-0.2, -0.15) is 0 Å². The fourth-order valence-electron chi connectivity index (χ4n) is 2.24. The van der Waals surface area contributed by atoms with Gasteiger partial charge in [-0.15, -0.1) is 0 Å². The van der Waals surface area contributed by atoms with Crippen molar-refractivity contribution in [2.45, 2.75) is 51.4 Å². The molecule has 1 aliphatic carbocycles. The number of carbonyl (C=O) groups excluding carboxylic acids is 1. The van der Waals surface area contributed by atoms with Crippen molar-refractivity contribution in [1.29, 1.82) is 0 Å². The molecule has 6 heteroatoms. The maximum Gasteiger partial charge on any atom is 0.408 e. The van der Waals surface area contributed by atoms with Crippen LogP contribution < -0.4 is 5.32 Å². The molecular weight excluding hydrogens is 280 g/mol. The zero-order valence-electron chi connectivity index (χ0n) is 11.8. The van der Waals surface area contributed by atoms with Crippen LogP contribution in [0.25, 0.3) is 0 Å². The minimum Gasteiger partial charge on any atom is -0.444 e. The van der Waals surface area contributed by atoms with Gasteiger partial charge in [-0.05, 0) is 45.2 Å². The number of amides is 1. The number of carbonyl (C=O) groups is 1. The van der Waals surface area contributed by atoms with Crippen LogP contribution in [0.2, 0.25) is 5.15 Å². The molecule has 0 radical (unpaired) electrons. The summed E-state index contributed by atoms with van der Waals surface area (Å²) < 4.78 is 5.22. The third kappa shape index (κ3) is 3.61. The predicted octanol–water partition coefficient (Wildman–Crippen LogP) is 2.61. The van der Waals surface area contributed by atoms with Gasteiger partial charge in [0.25, 0.3) is 0 Å². The lowest BCUT2D eigenvalue weighted by Gasteiger charge is -2.31. The number of nitrogens with zero attached hydrogens (tertiary/aromatic N) is 1. The van der Waals surface area contributed by atoms with Crippen LogP contribution in [0.15, 0.2) is 12.1 Å². The molecule has 5 nitrogen and oxygen atoms in total. The lowest BCUT2D eigenvalue weighted by atomic mass is 9.89. The van der Waals surface area contributed by atoms with Crippen molar-refractivity contribution >= 4 is 17.7 Å². The van der Waals surface area contributed by atoms with Gasteiger partial charge in [0.2, 0.25) is 0 Å². The van der Waals surface area contributed by atoms with E-state index in [1.807, 2.05) is 0 Å². The lowest BCUT2D eigenvalue weighted by Crippen LogP contribution is -2.42. The van der Waals surface area contributed by atoms with Gasteiger partial charge in [-0.3, -0.25) is 0 Å². The van der Waals surface area contributed by atoms with Crippen molar-refractivity contribution in [1.82, 2.24) is 10.3 Å². The average Bonchev–Trinajstić information content (AvgIpc) is 2.30. The number of hydrogen-bond donors (Lipinski definition) is 2. The number of halogens is 1. The van der Waals surface area contributed by atoms with Gasteiger partial charge in [-0.1, -0.05) is 17.7 Å². The summed E-state index contributed by atoms with van der Waals surface area (Å²) in [5.41, 5.74) is 1.02. The molecule has 1 aromatic rings. The maximum absolute atomic E-state index is 11.9. The Morgan fingerprint density at radius 2 is 2.20 bits per heavy atom. The highest BCUT2D eigenvalue weighted by Gasteiger charge is 2.31. The maximum atomic E-state index is 11.9. The van der Waals surface area contributed by atoms with Gasteiger partial charge >= 0.3 is 6.09 Å². The highest BCUT2D eigenvalue weighted by Crippen LogP contribution is 2.30. The molecule has 0 fully saturated rings. The number of nitrogens with one attached hydrogen (secondary N) is 1. The van der Waals surface area contributed by atoms with E-state index in [4.69, 9.17) is 16.3 Å². The van der Waals surface area contributed by atoms with Crippen molar-refractivity contribution in [3.05, 3.63) is 28.5 Å². The predicted molar refractivity (Wildman–Crippen MR) is 75.7 cm³/mol. The Morgan fingerprint density at radius 3 is 2.85 bits per heavy atom. The molecule has 2 rings (SSSR count). The number of aliphatic hydroxyl groups excluding tert-OH is 1.